The summed E-state index contributed by atoms with van der Waals surface area (Å²) in [5, 5.41) is 9.17. The van der Waals surface area contributed by atoms with Crippen molar-refractivity contribution in [2.45, 2.75) is 50.7 Å². The van der Waals surface area contributed by atoms with Gasteiger partial charge in [0.2, 0.25) is 5.88 Å². The number of nitrogens with zero attached hydrogens (tertiary/aromatic N) is 1. The highest BCUT2D eigenvalue weighted by atomic mass is 19.1. The standard InChI is InChI=1S/C30H28FNO5/c1-2-3-20(16-29(33)34)19-4-7-22(8-5-19)36-27-12-10-25-24(9-11-26(31)30(25)27)21-6-13-28(32-17-21)37-23-14-15-35-18-23/h4-9,11,13,17,20,23,27H,10,12,14-16,18H2,1H3,(H,33,34). The van der Waals surface area contributed by atoms with Gasteiger partial charge in [-0.2, -0.15) is 0 Å². The minimum Gasteiger partial charge on any atom is -0.486 e. The maximum Gasteiger partial charge on any atom is 0.304 e. The second kappa shape index (κ2) is 11.0. The van der Waals surface area contributed by atoms with Gasteiger partial charge in [0.15, 0.2) is 0 Å². The second-order valence-corrected chi connectivity index (χ2v) is 9.23. The molecule has 3 atom stereocenters. The highest BCUT2D eigenvalue weighted by Crippen LogP contribution is 2.42. The highest BCUT2D eigenvalue weighted by molar-refractivity contribution is 5.70. The van der Waals surface area contributed by atoms with Gasteiger partial charge in [-0.05, 0) is 60.7 Å². The number of ether oxygens (including phenoxy) is 3. The van der Waals surface area contributed by atoms with Crippen LogP contribution >= 0.6 is 0 Å². The Hall–Kier alpha value is -3.89. The number of benzene rings is 2. The van der Waals surface area contributed by atoms with E-state index in [-0.39, 0.29) is 24.3 Å². The summed E-state index contributed by atoms with van der Waals surface area (Å²) in [5.41, 5.74) is 4.16. The Morgan fingerprint density at radius 3 is 2.68 bits per heavy atom. The van der Waals surface area contributed by atoms with Gasteiger partial charge in [-0.15, -0.1) is 5.92 Å². The summed E-state index contributed by atoms with van der Waals surface area (Å²) in [7, 11) is 0. The van der Waals surface area contributed by atoms with E-state index in [1.165, 1.54) is 6.07 Å². The molecule has 0 spiro atoms. The van der Waals surface area contributed by atoms with E-state index in [1.807, 2.05) is 24.3 Å². The zero-order valence-electron chi connectivity index (χ0n) is 20.6. The lowest BCUT2D eigenvalue weighted by Crippen LogP contribution is -2.16. The van der Waals surface area contributed by atoms with Crippen molar-refractivity contribution in [1.29, 1.82) is 0 Å². The number of carboxylic acids is 1. The molecule has 6 nitrogen and oxygen atoms in total. The Morgan fingerprint density at radius 2 is 2.00 bits per heavy atom. The summed E-state index contributed by atoms with van der Waals surface area (Å²) in [5.74, 6) is 5.32. The molecule has 2 aromatic carbocycles. The Labute approximate surface area is 215 Å². The fourth-order valence-corrected chi connectivity index (χ4v) is 4.99. The van der Waals surface area contributed by atoms with E-state index in [2.05, 4.69) is 16.8 Å². The Kier molecular flexibility index (Phi) is 7.38. The van der Waals surface area contributed by atoms with E-state index in [0.717, 1.165) is 28.7 Å². The monoisotopic (exact) mass is 501 g/mol. The normalized spacial score (nSPS) is 19.0. The van der Waals surface area contributed by atoms with Crippen molar-refractivity contribution in [3.8, 4) is 34.6 Å². The van der Waals surface area contributed by atoms with E-state index in [1.54, 1.807) is 31.3 Å². The lowest BCUT2D eigenvalue weighted by Gasteiger charge is -2.17. The predicted octanol–water partition coefficient (Wildman–Crippen LogP) is 5.70. The molecule has 1 aromatic heterocycles. The minimum absolute atomic E-state index is 0.0306. The van der Waals surface area contributed by atoms with E-state index in [0.29, 0.717) is 43.2 Å². The lowest BCUT2D eigenvalue weighted by molar-refractivity contribution is -0.137. The first kappa shape index (κ1) is 24.8. The molecule has 0 radical (unpaired) electrons. The van der Waals surface area contributed by atoms with Crippen LogP contribution < -0.4 is 9.47 Å². The van der Waals surface area contributed by atoms with Gasteiger partial charge in [-0.3, -0.25) is 4.79 Å². The van der Waals surface area contributed by atoms with Crippen molar-refractivity contribution in [2.24, 2.45) is 0 Å². The molecule has 190 valence electrons. The molecule has 1 N–H and O–H groups in total. The highest BCUT2D eigenvalue weighted by Gasteiger charge is 2.30. The van der Waals surface area contributed by atoms with Crippen LogP contribution in [0.1, 0.15) is 54.9 Å². The first-order chi connectivity index (χ1) is 18.0. The summed E-state index contributed by atoms with van der Waals surface area (Å²) in [6.45, 7) is 2.97. The number of hydrogen-bond donors (Lipinski definition) is 1. The molecule has 3 unspecified atom stereocenters. The van der Waals surface area contributed by atoms with Crippen LogP contribution in [0.4, 0.5) is 4.39 Å². The summed E-state index contributed by atoms with van der Waals surface area (Å²) < 4.78 is 32.4. The van der Waals surface area contributed by atoms with Gasteiger partial charge in [0.1, 0.15) is 23.8 Å². The van der Waals surface area contributed by atoms with Crippen molar-refractivity contribution in [3.63, 3.8) is 0 Å². The van der Waals surface area contributed by atoms with Gasteiger partial charge in [-0.25, -0.2) is 9.37 Å². The maximum absolute atomic E-state index is 15.0. The SMILES string of the molecule is CC#CC(CC(=O)O)c1ccc(OC2CCc3c(-c4ccc(OC5CCOC5)nc4)ccc(F)c32)cc1. The number of hydrogen-bond acceptors (Lipinski definition) is 5. The fraction of sp³-hybridized carbons (Fsp3) is 0.333. The summed E-state index contributed by atoms with van der Waals surface area (Å²) in [6.07, 6.45) is 3.52. The number of carboxylic acid groups (broad SMARTS) is 1. The molecule has 0 saturated carbocycles. The van der Waals surface area contributed by atoms with Crippen LogP contribution in [0.2, 0.25) is 0 Å². The van der Waals surface area contributed by atoms with Crippen molar-refractivity contribution in [2.75, 3.05) is 13.2 Å². The maximum atomic E-state index is 15.0. The number of carbonyl (C=O) groups is 1. The Bertz CT molecular complexity index is 1320. The Balaban J connectivity index is 1.33. The topological polar surface area (TPSA) is 77.9 Å². The van der Waals surface area contributed by atoms with Crippen LogP contribution in [-0.2, 0) is 16.0 Å². The number of aromatic nitrogens is 1. The average Bonchev–Trinajstić information content (AvgIpc) is 3.56. The number of rotatable bonds is 8. The molecule has 1 fully saturated rings. The van der Waals surface area contributed by atoms with Crippen LogP contribution in [-0.4, -0.2) is 35.4 Å². The molecule has 7 heteroatoms. The molecular formula is C30H28FNO5. The van der Waals surface area contributed by atoms with Gasteiger partial charge in [0.05, 0.1) is 25.6 Å². The van der Waals surface area contributed by atoms with Crippen LogP contribution in [0, 0.1) is 17.7 Å². The van der Waals surface area contributed by atoms with E-state index < -0.39 is 12.1 Å². The zero-order valence-corrected chi connectivity index (χ0v) is 20.6. The quantitative estimate of drug-likeness (QED) is 0.399. The van der Waals surface area contributed by atoms with E-state index >= 15 is 4.39 Å². The molecule has 37 heavy (non-hydrogen) atoms. The summed E-state index contributed by atoms with van der Waals surface area (Å²) in [6, 6.07) is 14.3. The first-order valence-corrected chi connectivity index (χ1v) is 12.4. The van der Waals surface area contributed by atoms with Gasteiger partial charge in [0.25, 0.3) is 0 Å². The number of fused-ring (bicyclic) bond motifs is 1. The molecule has 1 aliphatic carbocycles. The van der Waals surface area contributed by atoms with Crippen LogP contribution in [0.3, 0.4) is 0 Å². The summed E-state index contributed by atoms with van der Waals surface area (Å²) in [4.78, 5) is 15.6. The molecular weight excluding hydrogens is 473 g/mol. The van der Waals surface area contributed by atoms with Gasteiger partial charge in [0, 0.05) is 29.8 Å². The third kappa shape index (κ3) is 5.60. The predicted molar refractivity (Wildman–Crippen MR) is 136 cm³/mol. The number of halogens is 1. The van der Waals surface area contributed by atoms with E-state index in [4.69, 9.17) is 19.3 Å². The van der Waals surface area contributed by atoms with Crippen molar-refractivity contribution >= 4 is 5.97 Å². The smallest absolute Gasteiger partial charge is 0.304 e. The van der Waals surface area contributed by atoms with Gasteiger partial charge in [-0.1, -0.05) is 24.1 Å². The minimum atomic E-state index is -0.900. The summed E-state index contributed by atoms with van der Waals surface area (Å²) >= 11 is 0. The fourth-order valence-electron chi connectivity index (χ4n) is 4.99. The molecule has 2 aliphatic rings. The van der Waals surface area contributed by atoms with E-state index in [9.17, 15) is 4.79 Å². The molecule has 3 aromatic rings. The molecule has 0 amide bonds. The van der Waals surface area contributed by atoms with Crippen molar-refractivity contribution in [3.05, 3.63) is 77.2 Å². The molecule has 1 aliphatic heterocycles. The number of pyridine rings is 1. The van der Waals surface area contributed by atoms with Crippen LogP contribution in [0.25, 0.3) is 11.1 Å². The second-order valence-electron chi connectivity index (χ2n) is 9.23. The average molecular weight is 502 g/mol. The van der Waals surface area contributed by atoms with Gasteiger partial charge >= 0.3 is 5.97 Å². The molecule has 2 heterocycles. The molecule has 0 bridgehead atoms. The molecule has 1 saturated heterocycles. The number of aliphatic carboxylic acids is 1. The van der Waals surface area contributed by atoms with Crippen LogP contribution in [0.15, 0.2) is 54.7 Å². The molecule has 5 rings (SSSR count). The third-order valence-corrected chi connectivity index (χ3v) is 6.76. The zero-order chi connectivity index (χ0) is 25.8. The van der Waals surface area contributed by atoms with Gasteiger partial charge < -0.3 is 19.3 Å². The third-order valence-electron chi connectivity index (χ3n) is 6.76. The largest absolute Gasteiger partial charge is 0.486 e. The van der Waals surface area contributed by atoms with Crippen LogP contribution in [0.5, 0.6) is 11.6 Å². The van der Waals surface area contributed by atoms with Crippen molar-refractivity contribution < 1.29 is 28.5 Å². The van der Waals surface area contributed by atoms with Crippen molar-refractivity contribution in [1.82, 2.24) is 4.98 Å². The Morgan fingerprint density at radius 1 is 1.16 bits per heavy atom. The first-order valence-electron chi connectivity index (χ1n) is 12.4. The lowest BCUT2D eigenvalue weighted by atomic mass is 9.96.